The summed E-state index contributed by atoms with van der Waals surface area (Å²) >= 11 is 0. The van der Waals surface area contributed by atoms with Crippen LogP contribution in [0, 0.1) is 0 Å². The smallest absolute Gasteiger partial charge is 0.266 e. The van der Waals surface area contributed by atoms with Crippen LogP contribution >= 0.6 is 0 Å². The third-order valence-corrected chi connectivity index (χ3v) is 1.98. The molecule has 0 spiro atoms. The molecule has 16 heavy (non-hydrogen) atoms. The molecule has 0 aliphatic rings. The molecule has 1 aromatic carbocycles. The maximum absolute atomic E-state index is 11.4. The van der Waals surface area contributed by atoms with Crippen LogP contribution in [0.5, 0.6) is 5.75 Å². The summed E-state index contributed by atoms with van der Waals surface area (Å²) in [5.41, 5.74) is 4.08. The Morgan fingerprint density at radius 1 is 1.12 bits per heavy atom. The summed E-state index contributed by atoms with van der Waals surface area (Å²) < 4.78 is 4.93. The number of hydrazine groups is 2. The van der Waals surface area contributed by atoms with Crippen molar-refractivity contribution < 1.29 is 14.3 Å². The molecule has 0 aromatic heterocycles. The van der Waals surface area contributed by atoms with Crippen LogP contribution in [0.3, 0.4) is 0 Å². The lowest BCUT2D eigenvalue weighted by atomic mass is 10.1. The molecule has 1 aromatic rings. The van der Waals surface area contributed by atoms with E-state index < -0.39 is 11.8 Å². The second-order valence-corrected chi connectivity index (χ2v) is 2.86. The summed E-state index contributed by atoms with van der Waals surface area (Å²) in [6.45, 7) is 0. The summed E-state index contributed by atoms with van der Waals surface area (Å²) in [5.74, 6) is 9.25. The third kappa shape index (κ3) is 2.27. The van der Waals surface area contributed by atoms with Gasteiger partial charge in [-0.2, -0.15) is 0 Å². The van der Waals surface area contributed by atoms with Crippen LogP contribution in [-0.2, 0) is 0 Å². The minimum Gasteiger partial charge on any atom is -0.497 e. The van der Waals surface area contributed by atoms with Gasteiger partial charge < -0.3 is 4.74 Å². The van der Waals surface area contributed by atoms with E-state index in [0.29, 0.717) is 5.75 Å². The Balaban J connectivity index is 3.26. The predicted molar refractivity (Wildman–Crippen MR) is 56.3 cm³/mol. The Morgan fingerprint density at radius 2 is 1.69 bits per heavy atom. The Morgan fingerprint density at radius 3 is 2.19 bits per heavy atom. The molecule has 0 fully saturated rings. The van der Waals surface area contributed by atoms with Crippen molar-refractivity contribution in [3.63, 3.8) is 0 Å². The van der Waals surface area contributed by atoms with E-state index in [2.05, 4.69) is 0 Å². The number of nitrogens with two attached hydrogens (primary N) is 2. The molecule has 86 valence electrons. The Hall–Kier alpha value is -2.12. The molecule has 0 heterocycles. The molecule has 0 saturated carbocycles. The van der Waals surface area contributed by atoms with Gasteiger partial charge in [0.15, 0.2) is 0 Å². The molecule has 0 radical (unpaired) electrons. The lowest BCUT2D eigenvalue weighted by Crippen LogP contribution is -2.35. The monoisotopic (exact) mass is 224 g/mol. The van der Waals surface area contributed by atoms with Gasteiger partial charge in [-0.1, -0.05) is 0 Å². The van der Waals surface area contributed by atoms with Crippen LogP contribution in [0.25, 0.3) is 0 Å². The topological polar surface area (TPSA) is 119 Å². The highest BCUT2D eigenvalue weighted by molar-refractivity contribution is 6.07. The number of ether oxygens (including phenoxy) is 1. The van der Waals surface area contributed by atoms with Crippen molar-refractivity contribution >= 4 is 11.8 Å². The molecular formula is C9H12N4O3. The van der Waals surface area contributed by atoms with E-state index in [1.54, 1.807) is 0 Å². The molecule has 7 heteroatoms. The highest BCUT2D eigenvalue weighted by atomic mass is 16.5. The fourth-order valence-corrected chi connectivity index (χ4v) is 1.19. The first-order valence-corrected chi connectivity index (χ1v) is 4.34. The van der Waals surface area contributed by atoms with Crippen LogP contribution in [-0.4, -0.2) is 18.9 Å². The molecule has 7 nitrogen and oxygen atoms in total. The molecular weight excluding hydrogens is 212 g/mol. The number of hydrogen-bond donors (Lipinski definition) is 4. The quantitative estimate of drug-likeness (QED) is 0.295. The Bertz CT molecular complexity index is 419. The third-order valence-electron chi connectivity index (χ3n) is 1.98. The second kappa shape index (κ2) is 5.10. The SMILES string of the molecule is COc1ccc(C(=O)NN)c(C(=O)NN)c1. The molecule has 0 saturated heterocycles. The van der Waals surface area contributed by atoms with Crippen molar-refractivity contribution in [2.24, 2.45) is 11.7 Å². The van der Waals surface area contributed by atoms with E-state index in [1.165, 1.54) is 25.3 Å². The average molecular weight is 224 g/mol. The van der Waals surface area contributed by atoms with Crippen LogP contribution in [0.1, 0.15) is 20.7 Å². The summed E-state index contributed by atoms with van der Waals surface area (Å²) in [4.78, 5) is 22.8. The number of methoxy groups -OCH3 is 1. The summed E-state index contributed by atoms with van der Waals surface area (Å²) in [6, 6.07) is 4.36. The molecule has 0 unspecified atom stereocenters. The van der Waals surface area contributed by atoms with E-state index in [1.807, 2.05) is 10.9 Å². The standard InChI is InChI=1S/C9H12N4O3/c1-16-5-2-3-6(8(14)12-10)7(4-5)9(15)13-11/h2-4H,10-11H2,1H3,(H,12,14)(H,13,15). The summed E-state index contributed by atoms with van der Waals surface area (Å²) in [6.07, 6.45) is 0. The van der Waals surface area contributed by atoms with Crippen molar-refractivity contribution in [2.75, 3.05) is 7.11 Å². The molecule has 0 bridgehead atoms. The van der Waals surface area contributed by atoms with Gasteiger partial charge >= 0.3 is 0 Å². The van der Waals surface area contributed by atoms with E-state index >= 15 is 0 Å². The first-order valence-electron chi connectivity index (χ1n) is 4.34. The molecule has 0 aliphatic heterocycles. The minimum atomic E-state index is -0.600. The maximum atomic E-state index is 11.4. The predicted octanol–water partition coefficient (Wildman–Crippen LogP) is -1.10. The fraction of sp³-hybridized carbons (Fsp3) is 0.111. The minimum absolute atomic E-state index is 0.0878. The number of hydrogen-bond acceptors (Lipinski definition) is 5. The van der Waals surface area contributed by atoms with Crippen LogP contribution < -0.4 is 27.3 Å². The number of amides is 2. The zero-order valence-corrected chi connectivity index (χ0v) is 8.61. The van der Waals surface area contributed by atoms with Crippen molar-refractivity contribution in [2.45, 2.75) is 0 Å². The fourth-order valence-electron chi connectivity index (χ4n) is 1.19. The van der Waals surface area contributed by atoms with Gasteiger partial charge in [0.1, 0.15) is 5.75 Å². The number of carbonyl (C=O) groups excluding carboxylic acids is 2. The van der Waals surface area contributed by atoms with Gasteiger partial charge in [0.25, 0.3) is 11.8 Å². The van der Waals surface area contributed by atoms with E-state index in [4.69, 9.17) is 16.4 Å². The van der Waals surface area contributed by atoms with E-state index in [-0.39, 0.29) is 11.1 Å². The Labute approximate surface area is 91.7 Å². The highest BCUT2D eigenvalue weighted by Crippen LogP contribution is 2.17. The van der Waals surface area contributed by atoms with Gasteiger partial charge in [0, 0.05) is 0 Å². The largest absolute Gasteiger partial charge is 0.497 e. The number of rotatable bonds is 3. The maximum Gasteiger partial charge on any atom is 0.266 e. The van der Waals surface area contributed by atoms with Gasteiger partial charge in [0.05, 0.1) is 18.2 Å². The molecule has 1 rings (SSSR count). The van der Waals surface area contributed by atoms with Gasteiger partial charge in [-0.25, -0.2) is 11.7 Å². The van der Waals surface area contributed by atoms with Gasteiger partial charge in [0.2, 0.25) is 0 Å². The van der Waals surface area contributed by atoms with E-state index in [9.17, 15) is 9.59 Å². The zero-order valence-electron chi connectivity index (χ0n) is 8.61. The molecule has 2 amide bonds. The lowest BCUT2D eigenvalue weighted by Gasteiger charge is -2.08. The Kier molecular flexibility index (Phi) is 3.81. The van der Waals surface area contributed by atoms with Crippen molar-refractivity contribution in [3.8, 4) is 5.75 Å². The van der Waals surface area contributed by atoms with Crippen LogP contribution in [0.15, 0.2) is 18.2 Å². The van der Waals surface area contributed by atoms with Crippen molar-refractivity contribution in [1.82, 2.24) is 10.9 Å². The number of carbonyl (C=O) groups is 2. The first kappa shape index (κ1) is 12.0. The van der Waals surface area contributed by atoms with E-state index in [0.717, 1.165) is 0 Å². The van der Waals surface area contributed by atoms with Gasteiger partial charge in [-0.15, -0.1) is 0 Å². The summed E-state index contributed by atoms with van der Waals surface area (Å²) in [7, 11) is 1.45. The average Bonchev–Trinajstić information content (AvgIpc) is 2.36. The lowest BCUT2D eigenvalue weighted by molar-refractivity contribution is 0.0919. The zero-order chi connectivity index (χ0) is 12.1. The number of benzene rings is 1. The van der Waals surface area contributed by atoms with Crippen molar-refractivity contribution in [1.29, 1.82) is 0 Å². The van der Waals surface area contributed by atoms with Crippen molar-refractivity contribution in [3.05, 3.63) is 29.3 Å². The number of nitrogen functional groups attached to an aromatic ring is 2. The molecule has 6 N–H and O–H groups in total. The number of nitrogens with one attached hydrogen (secondary N) is 2. The second-order valence-electron chi connectivity index (χ2n) is 2.86. The normalized spacial score (nSPS) is 9.44. The van der Waals surface area contributed by atoms with Crippen LogP contribution in [0.4, 0.5) is 0 Å². The highest BCUT2D eigenvalue weighted by Gasteiger charge is 2.16. The molecule has 0 atom stereocenters. The summed E-state index contributed by atoms with van der Waals surface area (Å²) in [5, 5.41) is 0. The van der Waals surface area contributed by atoms with Crippen LogP contribution in [0.2, 0.25) is 0 Å². The van der Waals surface area contributed by atoms with Gasteiger partial charge in [-0.3, -0.25) is 20.4 Å². The van der Waals surface area contributed by atoms with Gasteiger partial charge in [-0.05, 0) is 18.2 Å². The first-order chi connectivity index (χ1) is 7.63. The molecule has 0 aliphatic carbocycles.